The van der Waals surface area contributed by atoms with Crippen LogP contribution in [0.5, 0.6) is 11.5 Å². The van der Waals surface area contributed by atoms with Crippen LogP contribution in [0, 0.1) is 0 Å². The van der Waals surface area contributed by atoms with E-state index in [0.29, 0.717) is 17.2 Å². The molecule has 0 aliphatic rings. The van der Waals surface area contributed by atoms with Gasteiger partial charge in [0.15, 0.2) is 0 Å². The van der Waals surface area contributed by atoms with Gasteiger partial charge in [0.2, 0.25) is 21.8 Å². The number of amides is 2. The average molecular weight is 520 g/mol. The van der Waals surface area contributed by atoms with Crippen molar-refractivity contribution in [3.05, 3.63) is 54.1 Å². The highest BCUT2D eigenvalue weighted by Crippen LogP contribution is 2.22. The predicted octanol–water partition coefficient (Wildman–Crippen LogP) is 3.19. The maximum absolute atomic E-state index is 13.3. The van der Waals surface area contributed by atoms with Crippen molar-refractivity contribution < 1.29 is 27.5 Å². The van der Waals surface area contributed by atoms with Crippen molar-refractivity contribution in [2.24, 2.45) is 0 Å². The van der Waals surface area contributed by atoms with Gasteiger partial charge in [-0.1, -0.05) is 12.1 Å². The number of carbonyl (C=O) groups excluding carboxylic acids is 2. The monoisotopic (exact) mass is 519 g/mol. The zero-order chi connectivity index (χ0) is 26.9. The first-order valence-electron chi connectivity index (χ1n) is 11.8. The zero-order valence-electron chi connectivity index (χ0n) is 21.9. The molecule has 0 aromatic heterocycles. The Kier molecular flexibility index (Phi) is 10.6. The molecule has 2 amide bonds. The summed E-state index contributed by atoms with van der Waals surface area (Å²) in [6.07, 6.45) is 1.50. The first-order chi connectivity index (χ1) is 17.0. The number of benzene rings is 2. The molecule has 2 aromatic carbocycles. The molecule has 10 heteroatoms. The standard InChI is InChI=1S/C26H37N3O6S/c1-19(2)27-26(31)20(3)28(18-21-9-13-23(34-4)14-10-21)25(30)8-7-17-29(36(6,32)33)22-11-15-24(35-5)16-12-22/h9-16,19-20H,7-8,17-18H2,1-6H3,(H,27,31). The zero-order valence-corrected chi connectivity index (χ0v) is 22.7. The lowest BCUT2D eigenvalue weighted by Gasteiger charge is -2.30. The summed E-state index contributed by atoms with van der Waals surface area (Å²) in [5.41, 5.74) is 1.34. The van der Waals surface area contributed by atoms with E-state index in [0.717, 1.165) is 11.8 Å². The van der Waals surface area contributed by atoms with Crippen LogP contribution in [0.4, 0.5) is 5.69 Å². The summed E-state index contributed by atoms with van der Waals surface area (Å²) in [6.45, 7) is 5.78. The van der Waals surface area contributed by atoms with Crippen molar-refractivity contribution in [1.29, 1.82) is 0 Å². The summed E-state index contributed by atoms with van der Waals surface area (Å²) in [7, 11) is -0.447. The third-order valence-corrected chi connectivity index (χ3v) is 6.82. The van der Waals surface area contributed by atoms with Crippen LogP contribution in [0.2, 0.25) is 0 Å². The minimum Gasteiger partial charge on any atom is -0.497 e. The Hall–Kier alpha value is -3.27. The maximum Gasteiger partial charge on any atom is 0.242 e. The fourth-order valence-corrected chi connectivity index (χ4v) is 4.63. The highest BCUT2D eigenvalue weighted by molar-refractivity contribution is 7.92. The fraction of sp³-hybridized carbons (Fsp3) is 0.462. The van der Waals surface area contributed by atoms with Gasteiger partial charge in [-0.2, -0.15) is 0 Å². The molecule has 9 nitrogen and oxygen atoms in total. The van der Waals surface area contributed by atoms with Crippen molar-refractivity contribution in [3.8, 4) is 11.5 Å². The molecular weight excluding hydrogens is 482 g/mol. The van der Waals surface area contributed by atoms with Crippen LogP contribution in [0.3, 0.4) is 0 Å². The second-order valence-electron chi connectivity index (χ2n) is 8.85. The number of rotatable bonds is 13. The molecule has 1 atom stereocenters. The molecule has 0 saturated carbocycles. The summed E-state index contributed by atoms with van der Waals surface area (Å²) in [6, 6.07) is 13.2. The first-order valence-corrected chi connectivity index (χ1v) is 13.7. The Morgan fingerprint density at radius 1 is 0.917 bits per heavy atom. The number of carbonyl (C=O) groups is 2. The predicted molar refractivity (Wildman–Crippen MR) is 141 cm³/mol. The summed E-state index contributed by atoms with van der Waals surface area (Å²) in [4.78, 5) is 27.5. The third kappa shape index (κ3) is 8.44. The summed E-state index contributed by atoms with van der Waals surface area (Å²) >= 11 is 0. The Morgan fingerprint density at radius 3 is 1.92 bits per heavy atom. The van der Waals surface area contributed by atoms with E-state index in [4.69, 9.17) is 9.47 Å². The van der Waals surface area contributed by atoms with E-state index in [1.54, 1.807) is 50.4 Å². The van der Waals surface area contributed by atoms with Crippen LogP contribution in [0.1, 0.15) is 39.2 Å². The van der Waals surface area contributed by atoms with E-state index in [2.05, 4.69) is 5.32 Å². The van der Waals surface area contributed by atoms with Crippen molar-refractivity contribution in [2.75, 3.05) is 31.3 Å². The molecule has 0 saturated heterocycles. The number of anilines is 1. The SMILES string of the molecule is COc1ccc(CN(C(=O)CCCN(c2ccc(OC)cc2)S(C)(=O)=O)C(C)C(=O)NC(C)C)cc1. The highest BCUT2D eigenvalue weighted by Gasteiger charge is 2.27. The van der Waals surface area contributed by atoms with Crippen LogP contribution >= 0.6 is 0 Å². The molecular formula is C26H37N3O6S. The molecule has 0 heterocycles. The number of sulfonamides is 1. The molecule has 0 spiro atoms. The average Bonchev–Trinajstić information content (AvgIpc) is 2.84. The second-order valence-corrected chi connectivity index (χ2v) is 10.8. The molecule has 2 rings (SSSR count). The summed E-state index contributed by atoms with van der Waals surface area (Å²) in [5, 5.41) is 2.86. The van der Waals surface area contributed by atoms with Gasteiger partial charge in [-0.05, 0) is 69.2 Å². The molecule has 36 heavy (non-hydrogen) atoms. The van der Waals surface area contributed by atoms with Crippen molar-refractivity contribution in [2.45, 2.75) is 52.2 Å². The van der Waals surface area contributed by atoms with Gasteiger partial charge in [-0.3, -0.25) is 13.9 Å². The molecule has 1 unspecified atom stereocenters. The van der Waals surface area contributed by atoms with E-state index in [1.165, 1.54) is 16.3 Å². The minimum atomic E-state index is -3.56. The molecule has 0 fully saturated rings. The van der Waals surface area contributed by atoms with Crippen LogP contribution in [0.25, 0.3) is 0 Å². The topological polar surface area (TPSA) is 105 Å². The summed E-state index contributed by atoms with van der Waals surface area (Å²) < 4.78 is 36.5. The fourth-order valence-electron chi connectivity index (χ4n) is 3.67. The quantitative estimate of drug-likeness (QED) is 0.436. The number of nitrogens with zero attached hydrogens (tertiary/aromatic N) is 2. The van der Waals surface area contributed by atoms with E-state index in [-0.39, 0.29) is 43.8 Å². The number of nitrogens with one attached hydrogen (secondary N) is 1. The lowest BCUT2D eigenvalue weighted by atomic mass is 10.1. The van der Waals surface area contributed by atoms with Gasteiger partial charge >= 0.3 is 0 Å². The smallest absolute Gasteiger partial charge is 0.242 e. The van der Waals surface area contributed by atoms with Gasteiger partial charge < -0.3 is 19.7 Å². The summed E-state index contributed by atoms with van der Waals surface area (Å²) in [5.74, 6) is 0.829. The normalized spacial score (nSPS) is 12.1. The molecule has 1 N–H and O–H groups in total. The Labute approximate surface area is 214 Å². The van der Waals surface area contributed by atoms with E-state index in [9.17, 15) is 18.0 Å². The van der Waals surface area contributed by atoms with Crippen LogP contribution in [0.15, 0.2) is 48.5 Å². The molecule has 0 aliphatic carbocycles. The van der Waals surface area contributed by atoms with Crippen molar-refractivity contribution >= 4 is 27.5 Å². The van der Waals surface area contributed by atoms with E-state index in [1.807, 2.05) is 26.0 Å². The van der Waals surface area contributed by atoms with Gasteiger partial charge in [0.25, 0.3) is 0 Å². The Morgan fingerprint density at radius 2 is 1.44 bits per heavy atom. The molecule has 2 aromatic rings. The highest BCUT2D eigenvalue weighted by atomic mass is 32.2. The van der Waals surface area contributed by atoms with Crippen LogP contribution in [-0.4, -0.2) is 64.2 Å². The molecule has 198 valence electrons. The molecule has 0 bridgehead atoms. The Balaban J connectivity index is 2.16. The third-order valence-electron chi connectivity index (χ3n) is 5.62. The molecule has 0 aliphatic heterocycles. The number of ether oxygens (including phenoxy) is 2. The van der Waals surface area contributed by atoms with Crippen LogP contribution < -0.4 is 19.1 Å². The molecule has 0 radical (unpaired) electrons. The number of hydrogen-bond acceptors (Lipinski definition) is 6. The van der Waals surface area contributed by atoms with Gasteiger partial charge in [-0.15, -0.1) is 0 Å². The number of hydrogen-bond donors (Lipinski definition) is 1. The van der Waals surface area contributed by atoms with Gasteiger partial charge in [0.05, 0.1) is 26.2 Å². The maximum atomic E-state index is 13.3. The largest absolute Gasteiger partial charge is 0.497 e. The number of methoxy groups -OCH3 is 2. The van der Waals surface area contributed by atoms with Gasteiger partial charge in [0, 0.05) is 25.6 Å². The van der Waals surface area contributed by atoms with Gasteiger partial charge in [0.1, 0.15) is 17.5 Å². The van der Waals surface area contributed by atoms with Crippen molar-refractivity contribution in [1.82, 2.24) is 10.2 Å². The van der Waals surface area contributed by atoms with Crippen molar-refractivity contribution in [3.63, 3.8) is 0 Å². The van der Waals surface area contributed by atoms with Gasteiger partial charge in [-0.25, -0.2) is 8.42 Å². The lowest BCUT2D eigenvalue weighted by molar-refractivity contribution is -0.140. The second kappa shape index (κ2) is 13.2. The van der Waals surface area contributed by atoms with E-state index < -0.39 is 16.1 Å². The Bertz CT molecular complexity index is 1100. The lowest BCUT2D eigenvalue weighted by Crippen LogP contribution is -2.49. The minimum absolute atomic E-state index is 0.0642. The first kappa shape index (κ1) is 29.0. The van der Waals surface area contributed by atoms with E-state index >= 15 is 0 Å². The van der Waals surface area contributed by atoms with Crippen LogP contribution in [-0.2, 0) is 26.2 Å².